The lowest BCUT2D eigenvalue weighted by molar-refractivity contribution is 0.183. The fourth-order valence-electron chi connectivity index (χ4n) is 3.08. The monoisotopic (exact) mass is 279 g/mol. The molecule has 1 aromatic heterocycles. The van der Waals surface area contributed by atoms with Gasteiger partial charge in [0.15, 0.2) is 0 Å². The number of hydrogen-bond donors (Lipinski definition) is 2. The molecule has 21 heavy (non-hydrogen) atoms. The first-order valence-electron chi connectivity index (χ1n) is 7.29. The SMILES string of the molecule is Nc1[nH]nc2cc(OC3CCCc4ccccc43)ccc12. The number of hydrogen-bond acceptors (Lipinski definition) is 3. The molecule has 2 aromatic carbocycles. The fraction of sp³-hybridized carbons (Fsp3) is 0.235. The molecule has 4 heteroatoms. The highest BCUT2D eigenvalue weighted by molar-refractivity contribution is 5.89. The lowest BCUT2D eigenvalue weighted by atomic mass is 9.89. The summed E-state index contributed by atoms with van der Waals surface area (Å²) >= 11 is 0. The number of fused-ring (bicyclic) bond motifs is 2. The maximum Gasteiger partial charge on any atom is 0.126 e. The van der Waals surface area contributed by atoms with Crippen LogP contribution in [0.2, 0.25) is 0 Å². The Morgan fingerprint density at radius 3 is 3.05 bits per heavy atom. The molecule has 0 fully saturated rings. The van der Waals surface area contributed by atoms with Gasteiger partial charge in [-0.15, -0.1) is 0 Å². The maximum atomic E-state index is 6.20. The Morgan fingerprint density at radius 2 is 2.10 bits per heavy atom. The van der Waals surface area contributed by atoms with Crippen molar-refractivity contribution in [3.8, 4) is 5.75 Å². The summed E-state index contributed by atoms with van der Waals surface area (Å²) in [5.74, 6) is 1.44. The van der Waals surface area contributed by atoms with Crippen molar-refractivity contribution < 1.29 is 4.74 Å². The van der Waals surface area contributed by atoms with Crippen LogP contribution in [0.3, 0.4) is 0 Å². The molecule has 1 aliphatic rings. The predicted octanol–water partition coefficient (Wildman–Crippen LogP) is 3.60. The van der Waals surface area contributed by atoms with Crippen molar-refractivity contribution in [2.24, 2.45) is 0 Å². The van der Waals surface area contributed by atoms with Gasteiger partial charge in [-0.25, -0.2) is 0 Å². The van der Waals surface area contributed by atoms with E-state index >= 15 is 0 Å². The molecule has 3 N–H and O–H groups in total. The number of benzene rings is 2. The van der Waals surface area contributed by atoms with E-state index in [1.54, 1.807) is 0 Å². The van der Waals surface area contributed by atoms with Crippen LogP contribution in [0, 0.1) is 0 Å². The molecule has 4 nitrogen and oxygen atoms in total. The lowest BCUT2D eigenvalue weighted by Gasteiger charge is -2.26. The average molecular weight is 279 g/mol. The fourth-order valence-corrected chi connectivity index (χ4v) is 3.08. The highest BCUT2D eigenvalue weighted by Gasteiger charge is 2.21. The molecule has 0 amide bonds. The van der Waals surface area contributed by atoms with Gasteiger partial charge in [0.1, 0.15) is 17.7 Å². The standard InChI is InChI=1S/C17H17N3O/c18-17-14-9-8-12(10-15(14)19-20-17)21-16-7-3-5-11-4-1-2-6-13(11)16/h1-2,4,6,8-10,16H,3,5,7H2,(H3,18,19,20). The van der Waals surface area contributed by atoms with E-state index in [-0.39, 0.29) is 6.10 Å². The summed E-state index contributed by atoms with van der Waals surface area (Å²) in [6, 6.07) is 14.4. The third kappa shape index (κ3) is 2.13. The second-order valence-corrected chi connectivity index (χ2v) is 5.51. The number of rotatable bonds is 2. The Labute approximate surface area is 122 Å². The van der Waals surface area contributed by atoms with Crippen LogP contribution in [0.25, 0.3) is 10.9 Å². The summed E-state index contributed by atoms with van der Waals surface area (Å²) in [6.45, 7) is 0. The van der Waals surface area contributed by atoms with Crippen LogP contribution >= 0.6 is 0 Å². The zero-order chi connectivity index (χ0) is 14.2. The van der Waals surface area contributed by atoms with E-state index in [0.717, 1.165) is 29.5 Å². The average Bonchev–Trinajstić information content (AvgIpc) is 2.89. The van der Waals surface area contributed by atoms with E-state index < -0.39 is 0 Å². The van der Waals surface area contributed by atoms with Crippen molar-refractivity contribution in [3.63, 3.8) is 0 Å². The topological polar surface area (TPSA) is 63.9 Å². The van der Waals surface area contributed by atoms with Crippen molar-refractivity contribution in [2.75, 3.05) is 5.73 Å². The molecule has 4 rings (SSSR count). The van der Waals surface area contributed by atoms with Gasteiger partial charge in [0, 0.05) is 11.5 Å². The third-order valence-electron chi connectivity index (χ3n) is 4.15. The molecule has 0 spiro atoms. The van der Waals surface area contributed by atoms with E-state index in [1.807, 2.05) is 18.2 Å². The summed E-state index contributed by atoms with van der Waals surface area (Å²) in [5.41, 5.74) is 9.37. The molecule has 106 valence electrons. The Hall–Kier alpha value is -2.49. The molecule has 0 saturated carbocycles. The minimum absolute atomic E-state index is 0.128. The van der Waals surface area contributed by atoms with Gasteiger partial charge >= 0.3 is 0 Å². The summed E-state index contributed by atoms with van der Waals surface area (Å²) in [6.07, 6.45) is 3.49. The summed E-state index contributed by atoms with van der Waals surface area (Å²) in [7, 11) is 0. The van der Waals surface area contributed by atoms with Gasteiger partial charge in [-0.2, -0.15) is 5.10 Å². The van der Waals surface area contributed by atoms with Crippen LogP contribution in [0.4, 0.5) is 5.82 Å². The van der Waals surface area contributed by atoms with Crippen LogP contribution in [-0.2, 0) is 6.42 Å². The first-order chi connectivity index (χ1) is 10.3. The second-order valence-electron chi connectivity index (χ2n) is 5.51. The zero-order valence-electron chi connectivity index (χ0n) is 11.7. The molecule has 0 aliphatic heterocycles. The number of ether oxygens (including phenoxy) is 1. The summed E-state index contributed by atoms with van der Waals surface area (Å²) < 4.78 is 6.20. The van der Waals surface area contributed by atoms with Crippen LogP contribution in [0.1, 0.15) is 30.1 Å². The molecule has 1 unspecified atom stereocenters. The molecule has 1 heterocycles. The van der Waals surface area contributed by atoms with E-state index in [0.29, 0.717) is 5.82 Å². The smallest absolute Gasteiger partial charge is 0.126 e. The van der Waals surface area contributed by atoms with Crippen molar-refractivity contribution in [1.29, 1.82) is 0 Å². The largest absolute Gasteiger partial charge is 0.486 e. The number of aryl methyl sites for hydroxylation is 1. The van der Waals surface area contributed by atoms with Gasteiger partial charge in [0.2, 0.25) is 0 Å². The number of aromatic nitrogens is 2. The van der Waals surface area contributed by atoms with Crippen molar-refractivity contribution in [2.45, 2.75) is 25.4 Å². The number of H-pyrrole nitrogens is 1. The van der Waals surface area contributed by atoms with Crippen LogP contribution in [0.5, 0.6) is 5.75 Å². The predicted molar refractivity (Wildman–Crippen MR) is 83.3 cm³/mol. The van der Waals surface area contributed by atoms with E-state index in [9.17, 15) is 0 Å². The van der Waals surface area contributed by atoms with Gasteiger partial charge in [0.25, 0.3) is 0 Å². The first kappa shape index (κ1) is 12.3. The van der Waals surface area contributed by atoms with Gasteiger partial charge in [-0.3, -0.25) is 5.10 Å². The molecule has 0 radical (unpaired) electrons. The highest BCUT2D eigenvalue weighted by Crippen LogP contribution is 2.34. The second kappa shape index (κ2) is 4.81. The maximum absolute atomic E-state index is 6.20. The molecular weight excluding hydrogens is 262 g/mol. The molecular formula is C17H17N3O. The quantitative estimate of drug-likeness (QED) is 0.753. The van der Waals surface area contributed by atoms with E-state index in [4.69, 9.17) is 10.5 Å². The van der Waals surface area contributed by atoms with Crippen LogP contribution in [0.15, 0.2) is 42.5 Å². The summed E-state index contributed by atoms with van der Waals surface area (Å²) in [4.78, 5) is 0. The number of aromatic amines is 1. The number of nitrogens with two attached hydrogens (primary N) is 1. The Balaban J connectivity index is 1.66. The minimum atomic E-state index is 0.128. The summed E-state index contributed by atoms with van der Waals surface area (Å²) in [5, 5.41) is 7.92. The van der Waals surface area contributed by atoms with Gasteiger partial charge in [-0.05, 0) is 42.5 Å². The Bertz CT molecular complexity index is 794. The van der Waals surface area contributed by atoms with Crippen LogP contribution in [-0.4, -0.2) is 10.2 Å². The van der Waals surface area contributed by atoms with Crippen LogP contribution < -0.4 is 10.5 Å². The Kier molecular flexibility index (Phi) is 2.81. The number of nitrogen functional groups attached to an aromatic ring is 1. The number of nitrogens with zero attached hydrogens (tertiary/aromatic N) is 1. The number of nitrogens with one attached hydrogen (secondary N) is 1. The lowest BCUT2D eigenvalue weighted by Crippen LogP contribution is -2.15. The van der Waals surface area contributed by atoms with Crippen molar-refractivity contribution >= 4 is 16.7 Å². The molecule has 1 aliphatic carbocycles. The normalized spacial score (nSPS) is 17.6. The molecule has 0 saturated heterocycles. The van der Waals surface area contributed by atoms with Gasteiger partial charge in [0.05, 0.1) is 5.52 Å². The van der Waals surface area contributed by atoms with E-state index in [2.05, 4.69) is 34.5 Å². The zero-order valence-corrected chi connectivity index (χ0v) is 11.7. The van der Waals surface area contributed by atoms with Gasteiger partial charge in [-0.1, -0.05) is 24.3 Å². The molecule has 1 atom stereocenters. The highest BCUT2D eigenvalue weighted by atomic mass is 16.5. The minimum Gasteiger partial charge on any atom is -0.486 e. The number of anilines is 1. The molecule has 0 bridgehead atoms. The first-order valence-corrected chi connectivity index (χ1v) is 7.29. The van der Waals surface area contributed by atoms with E-state index in [1.165, 1.54) is 17.5 Å². The van der Waals surface area contributed by atoms with Crippen molar-refractivity contribution in [3.05, 3.63) is 53.6 Å². The van der Waals surface area contributed by atoms with Gasteiger partial charge < -0.3 is 10.5 Å². The molecule has 3 aromatic rings. The Morgan fingerprint density at radius 1 is 1.19 bits per heavy atom. The van der Waals surface area contributed by atoms with Crippen molar-refractivity contribution in [1.82, 2.24) is 10.2 Å². The third-order valence-corrected chi connectivity index (χ3v) is 4.15.